The monoisotopic (exact) mass is 276 g/mol. The van der Waals surface area contributed by atoms with Gasteiger partial charge in [0.15, 0.2) is 0 Å². The molecule has 0 radical (unpaired) electrons. The Morgan fingerprint density at radius 1 is 1.20 bits per heavy atom. The number of nitrogens with one attached hydrogen (secondary N) is 1. The van der Waals surface area contributed by atoms with Gasteiger partial charge in [-0.2, -0.15) is 0 Å². The standard InChI is InChI=1S/C17H28N2O/c1-3-4-6-17(19-13-5-11-18-12-14-19)15-7-9-16(20-2)10-8-15/h7-10,17-18H,3-6,11-14H2,1-2H3. The maximum absolute atomic E-state index is 5.27. The number of unbranched alkanes of at least 4 members (excludes halogenated alkanes) is 1. The van der Waals surface area contributed by atoms with Crippen LogP contribution in [0.1, 0.15) is 44.2 Å². The van der Waals surface area contributed by atoms with E-state index in [-0.39, 0.29) is 0 Å². The summed E-state index contributed by atoms with van der Waals surface area (Å²) in [6.07, 6.45) is 5.06. The highest BCUT2D eigenvalue weighted by Crippen LogP contribution is 2.28. The third-order valence-electron chi connectivity index (χ3n) is 4.15. The molecule has 0 saturated carbocycles. The van der Waals surface area contributed by atoms with Gasteiger partial charge in [0.25, 0.3) is 0 Å². The molecule has 3 nitrogen and oxygen atoms in total. The van der Waals surface area contributed by atoms with E-state index in [0.29, 0.717) is 6.04 Å². The lowest BCUT2D eigenvalue weighted by Crippen LogP contribution is -2.32. The fraction of sp³-hybridized carbons (Fsp3) is 0.647. The van der Waals surface area contributed by atoms with E-state index in [1.165, 1.54) is 37.8 Å². The summed E-state index contributed by atoms with van der Waals surface area (Å²) in [5.74, 6) is 0.945. The molecule has 112 valence electrons. The summed E-state index contributed by atoms with van der Waals surface area (Å²) in [5.41, 5.74) is 1.43. The maximum atomic E-state index is 5.27. The number of methoxy groups -OCH3 is 1. The van der Waals surface area contributed by atoms with Crippen LogP contribution < -0.4 is 10.1 Å². The molecule has 1 N–H and O–H groups in total. The van der Waals surface area contributed by atoms with Gasteiger partial charge in [0.05, 0.1) is 7.11 Å². The first-order valence-corrected chi connectivity index (χ1v) is 7.94. The third-order valence-corrected chi connectivity index (χ3v) is 4.15. The van der Waals surface area contributed by atoms with Gasteiger partial charge in [-0.15, -0.1) is 0 Å². The number of hydrogen-bond acceptors (Lipinski definition) is 3. The van der Waals surface area contributed by atoms with Crippen molar-refractivity contribution in [2.75, 3.05) is 33.3 Å². The molecule has 20 heavy (non-hydrogen) atoms. The minimum Gasteiger partial charge on any atom is -0.497 e. The second kappa shape index (κ2) is 8.28. The Labute approximate surface area is 123 Å². The Hall–Kier alpha value is -1.06. The van der Waals surface area contributed by atoms with E-state index in [1.807, 2.05) is 0 Å². The van der Waals surface area contributed by atoms with Crippen molar-refractivity contribution in [3.05, 3.63) is 29.8 Å². The van der Waals surface area contributed by atoms with Gasteiger partial charge < -0.3 is 10.1 Å². The summed E-state index contributed by atoms with van der Waals surface area (Å²) in [7, 11) is 1.73. The van der Waals surface area contributed by atoms with Gasteiger partial charge in [0.2, 0.25) is 0 Å². The molecule has 2 rings (SSSR count). The first kappa shape index (κ1) is 15.3. The first-order valence-electron chi connectivity index (χ1n) is 7.94. The number of hydrogen-bond donors (Lipinski definition) is 1. The van der Waals surface area contributed by atoms with Gasteiger partial charge >= 0.3 is 0 Å². The lowest BCUT2D eigenvalue weighted by Gasteiger charge is -2.31. The Balaban J connectivity index is 2.11. The van der Waals surface area contributed by atoms with Crippen molar-refractivity contribution in [1.82, 2.24) is 10.2 Å². The van der Waals surface area contributed by atoms with Crippen molar-refractivity contribution in [2.45, 2.75) is 38.6 Å². The van der Waals surface area contributed by atoms with Crippen LogP contribution >= 0.6 is 0 Å². The van der Waals surface area contributed by atoms with Crippen molar-refractivity contribution in [3.63, 3.8) is 0 Å². The lowest BCUT2D eigenvalue weighted by molar-refractivity contribution is 0.197. The summed E-state index contributed by atoms with van der Waals surface area (Å²) in [6, 6.07) is 9.20. The van der Waals surface area contributed by atoms with E-state index >= 15 is 0 Å². The van der Waals surface area contributed by atoms with Crippen molar-refractivity contribution in [2.24, 2.45) is 0 Å². The zero-order chi connectivity index (χ0) is 14.2. The molecule has 0 amide bonds. The molecular weight excluding hydrogens is 248 g/mol. The lowest BCUT2D eigenvalue weighted by atomic mass is 9.99. The molecule has 0 spiro atoms. The predicted molar refractivity (Wildman–Crippen MR) is 84.3 cm³/mol. The zero-order valence-electron chi connectivity index (χ0n) is 12.9. The maximum Gasteiger partial charge on any atom is 0.118 e. The summed E-state index contributed by atoms with van der Waals surface area (Å²) < 4.78 is 5.27. The highest BCUT2D eigenvalue weighted by atomic mass is 16.5. The number of benzene rings is 1. The SMILES string of the molecule is CCCCC(c1ccc(OC)cc1)N1CCCNCC1. The molecule has 1 atom stereocenters. The Bertz CT molecular complexity index is 369. The van der Waals surface area contributed by atoms with Crippen molar-refractivity contribution >= 4 is 0 Å². The number of rotatable bonds is 6. The van der Waals surface area contributed by atoms with Gasteiger partial charge in [0.1, 0.15) is 5.75 Å². The van der Waals surface area contributed by atoms with E-state index in [2.05, 4.69) is 41.4 Å². The molecule has 1 aromatic rings. The van der Waals surface area contributed by atoms with E-state index in [1.54, 1.807) is 7.11 Å². The first-order chi connectivity index (χ1) is 9.85. The fourth-order valence-corrected chi connectivity index (χ4v) is 2.96. The van der Waals surface area contributed by atoms with Crippen LogP contribution in [-0.4, -0.2) is 38.2 Å². The molecule has 1 aliphatic heterocycles. The smallest absolute Gasteiger partial charge is 0.118 e. The van der Waals surface area contributed by atoms with E-state index < -0.39 is 0 Å². The summed E-state index contributed by atoms with van der Waals surface area (Å²) in [5, 5.41) is 3.50. The molecule has 1 aliphatic rings. The van der Waals surface area contributed by atoms with Crippen molar-refractivity contribution in [3.8, 4) is 5.75 Å². The molecule has 0 aliphatic carbocycles. The van der Waals surface area contributed by atoms with E-state index in [0.717, 1.165) is 25.4 Å². The Kier molecular flexibility index (Phi) is 6.34. The van der Waals surface area contributed by atoms with Gasteiger partial charge in [0, 0.05) is 25.7 Å². The largest absolute Gasteiger partial charge is 0.497 e. The summed E-state index contributed by atoms with van der Waals surface area (Å²) >= 11 is 0. The van der Waals surface area contributed by atoms with Gasteiger partial charge in [-0.05, 0) is 37.1 Å². The molecule has 3 heteroatoms. The van der Waals surface area contributed by atoms with Crippen LogP contribution in [0.3, 0.4) is 0 Å². The highest BCUT2D eigenvalue weighted by molar-refractivity contribution is 5.29. The molecule has 1 aromatic carbocycles. The van der Waals surface area contributed by atoms with Crippen molar-refractivity contribution < 1.29 is 4.74 Å². The number of nitrogens with zero attached hydrogens (tertiary/aromatic N) is 1. The minimum atomic E-state index is 0.556. The second-order valence-electron chi connectivity index (χ2n) is 5.57. The van der Waals surface area contributed by atoms with E-state index in [9.17, 15) is 0 Å². The second-order valence-corrected chi connectivity index (χ2v) is 5.57. The minimum absolute atomic E-state index is 0.556. The molecule has 1 saturated heterocycles. The van der Waals surface area contributed by atoms with Gasteiger partial charge in [-0.25, -0.2) is 0 Å². The van der Waals surface area contributed by atoms with Crippen LogP contribution in [0.4, 0.5) is 0 Å². The normalized spacial score (nSPS) is 18.5. The quantitative estimate of drug-likeness (QED) is 0.863. The molecule has 0 aromatic heterocycles. The van der Waals surface area contributed by atoms with Crippen LogP contribution in [0.15, 0.2) is 24.3 Å². The van der Waals surface area contributed by atoms with Crippen LogP contribution in [-0.2, 0) is 0 Å². The van der Waals surface area contributed by atoms with Crippen LogP contribution in [0.2, 0.25) is 0 Å². The van der Waals surface area contributed by atoms with Gasteiger partial charge in [-0.1, -0.05) is 31.9 Å². The molecule has 1 heterocycles. The predicted octanol–water partition coefficient (Wildman–Crippen LogP) is 3.22. The summed E-state index contributed by atoms with van der Waals surface area (Å²) in [6.45, 7) is 6.89. The molecular formula is C17H28N2O. The molecule has 1 fully saturated rings. The zero-order valence-corrected chi connectivity index (χ0v) is 12.9. The topological polar surface area (TPSA) is 24.5 Å². The highest BCUT2D eigenvalue weighted by Gasteiger charge is 2.20. The van der Waals surface area contributed by atoms with Crippen molar-refractivity contribution in [1.29, 1.82) is 0 Å². The van der Waals surface area contributed by atoms with Gasteiger partial charge in [-0.3, -0.25) is 4.90 Å². The molecule has 1 unspecified atom stereocenters. The van der Waals surface area contributed by atoms with Crippen LogP contribution in [0.5, 0.6) is 5.75 Å². The average Bonchev–Trinajstić information content (AvgIpc) is 2.77. The molecule has 0 bridgehead atoms. The van der Waals surface area contributed by atoms with E-state index in [4.69, 9.17) is 4.74 Å². The summed E-state index contributed by atoms with van der Waals surface area (Å²) in [4.78, 5) is 2.65. The van der Waals surface area contributed by atoms with Crippen LogP contribution in [0.25, 0.3) is 0 Å². The third kappa shape index (κ3) is 4.22. The Morgan fingerprint density at radius 3 is 2.70 bits per heavy atom. The fourth-order valence-electron chi connectivity index (χ4n) is 2.96. The number of ether oxygens (including phenoxy) is 1. The van der Waals surface area contributed by atoms with Crippen LogP contribution in [0, 0.1) is 0 Å². The Morgan fingerprint density at radius 2 is 2.00 bits per heavy atom. The average molecular weight is 276 g/mol.